The zero-order valence-corrected chi connectivity index (χ0v) is 9.45. The van der Waals surface area contributed by atoms with Crippen molar-refractivity contribution < 1.29 is 4.79 Å². The number of amides is 2. The van der Waals surface area contributed by atoms with E-state index >= 15 is 0 Å². The predicted octanol–water partition coefficient (Wildman–Crippen LogP) is 1.22. The molecule has 1 heterocycles. The quantitative estimate of drug-likeness (QED) is 0.707. The molecule has 4 nitrogen and oxygen atoms in total. The maximum atomic E-state index is 11.6. The lowest BCUT2D eigenvalue weighted by Gasteiger charge is -2.39. The third-order valence-electron chi connectivity index (χ3n) is 3.12. The first-order valence-corrected chi connectivity index (χ1v) is 5.10. The lowest BCUT2D eigenvalue weighted by atomic mass is 9.82. The van der Waals surface area contributed by atoms with Crippen LogP contribution in [0.25, 0.3) is 0 Å². The second-order valence-corrected chi connectivity index (χ2v) is 4.00. The molecule has 2 N–H and O–H groups in total. The lowest BCUT2D eigenvalue weighted by molar-refractivity contribution is 0.149. The second-order valence-electron chi connectivity index (χ2n) is 4.00. The average molecular weight is 207 g/mol. The van der Waals surface area contributed by atoms with E-state index in [1.165, 1.54) is 0 Å². The van der Waals surface area contributed by atoms with Crippen LogP contribution >= 0.6 is 0 Å². The molecule has 1 unspecified atom stereocenters. The number of carbonyl (C=O) groups excluding carboxylic acids is 1. The van der Waals surface area contributed by atoms with E-state index in [0.29, 0.717) is 5.84 Å². The molecule has 15 heavy (non-hydrogen) atoms. The van der Waals surface area contributed by atoms with E-state index < -0.39 is 5.54 Å². The van der Waals surface area contributed by atoms with Crippen LogP contribution < -0.4 is 5.73 Å². The average Bonchev–Trinajstić information content (AvgIpc) is 2.40. The fourth-order valence-electron chi connectivity index (χ4n) is 2.26. The van der Waals surface area contributed by atoms with Crippen LogP contribution in [0.3, 0.4) is 0 Å². The van der Waals surface area contributed by atoms with Crippen LogP contribution in [0.5, 0.6) is 0 Å². The number of terminal acetylenes is 1. The van der Waals surface area contributed by atoms with Gasteiger partial charge in [-0.3, -0.25) is 4.90 Å². The third-order valence-corrected chi connectivity index (χ3v) is 3.12. The normalized spacial score (nSPS) is 25.7. The van der Waals surface area contributed by atoms with Crippen molar-refractivity contribution in [1.29, 1.82) is 0 Å². The molecule has 1 atom stereocenters. The maximum Gasteiger partial charge on any atom is 0.346 e. The molecule has 0 bridgehead atoms. The molecule has 0 aliphatic carbocycles. The second kappa shape index (κ2) is 3.93. The molecule has 0 fully saturated rings. The van der Waals surface area contributed by atoms with Crippen molar-refractivity contribution in [2.24, 2.45) is 16.6 Å². The molecule has 0 saturated carbocycles. The van der Waals surface area contributed by atoms with Gasteiger partial charge in [-0.25, -0.2) is 4.79 Å². The summed E-state index contributed by atoms with van der Waals surface area (Å²) in [5.74, 6) is 3.07. The first kappa shape index (κ1) is 11.6. The number of urea groups is 1. The minimum atomic E-state index is -0.497. The van der Waals surface area contributed by atoms with E-state index in [-0.39, 0.29) is 18.5 Å². The van der Waals surface area contributed by atoms with Gasteiger partial charge in [0.2, 0.25) is 0 Å². The van der Waals surface area contributed by atoms with Gasteiger partial charge in [0, 0.05) is 0 Å². The third kappa shape index (κ3) is 1.48. The largest absolute Gasteiger partial charge is 0.385 e. The van der Waals surface area contributed by atoms with E-state index in [1.807, 2.05) is 20.8 Å². The van der Waals surface area contributed by atoms with E-state index in [4.69, 9.17) is 12.2 Å². The highest BCUT2D eigenvalue weighted by atomic mass is 16.2. The Kier molecular flexibility index (Phi) is 3.04. The van der Waals surface area contributed by atoms with Crippen LogP contribution in [0.2, 0.25) is 0 Å². The number of nitrogens with two attached hydrogens (primary N) is 1. The molecule has 1 rings (SSSR count). The molecule has 0 saturated heterocycles. The molecular formula is C11H17N3O. The number of hydrogen-bond donors (Lipinski definition) is 1. The minimum Gasteiger partial charge on any atom is -0.385 e. The van der Waals surface area contributed by atoms with Crippen molar-refractivity contribution in [2.75, 3.05) is 6.54 Å². The molecule has 82 valence electrons. The molecule has 1 aliphatic heterocycles. The Hall–Kier alpha value is -1.50. The van der Waals surface area contributed by atoms with E-state index in [9.17, 15) is 4.79 Å². The highest BCUT2D eigenvalue weighted by Crippen LogP contribution is 2.33. The first-order valence-electron chi connectivity index (χ1n) is 5.10. The van der Waals surface area contributed by atoms with Gasteiger partial charge in [-0.05, 0) is 12.3 Å². The summed E-state index contributed by atoms with van der Waals surface area (Å²) >= 11 is 0. The molecule has 2 amide bonds. The van der Waals surface area contributed by atoms with Crippen LogP contribution in [0.15, 0.2) is 4.99 Å². The fourth-order valence-corrected chi connectivity index (χ4v) is 2.26. The number of carbonyl (C=O) groups is 1. The minimum absolute atomic E-state index is 0.200. The Balaban J connectivity index is 3.17. The van der Waals surface area contributed by atoms with Gasteiger partial charge in [-0.15, -0.1) is 6.42 Å². The Morgan fingerprint density at radius 2 is 2.27 bits per heavy atom. The van der Waals surface area contributed by atoms with Gasteiger partial charge in [0.05, 0.1) is 6.54 Å². The van der Waals surface area contributed by atoms with Crippen LogP contribution in [0.4, 0.5) is 4.79 Å². The fraction of sp³-hybridized carbons (Fsp3) is 0.636. The SMILES string of the molecule is C#CCN1C(=O)N=C(N)C1(CC)C(C)C. The molecular weight excluding hydrogens is 190 g/mol. The Morgan fingerprint density at radius 1 is 1.67 bits per heavy atom. The zero-order chi connectivity index (χ0) is 11.6. The smallest absolute Gasteiger partial charge is 0.346 e. The van der Waals surface area contributed by atoms with Gasteiger partial charge >= 0.3 is 6.03 Å². The van der Waals surface area contributed by atoms with Gasteiger partial charge in [-0.2, -0.15) is 4.99 Å². The van der Waals surface area contributed by atoms with Gasteiger partial charge < -0.3 is 5.73 Å². The van der Waals surface area contributed by atoms with E-state index in [1.54, 1.807) is 4.90 Å². The van der Waals surface area contributed by atoms with Crippen molar-refractivity contribution in [3.8, 4) is 12.3 Å². The van der Waals surface area contributed by atoms with Crippen molar-refractivity contribution in [3.05, 3.63) is 0 Å². The predicted molar refractivity (Wildman–Crippen MR) is 60.4 cm³/mol. The number of hydrogen-bond acceptors (Lipinski definition) is 2. The monoisotopic (exact) mass is 207 g/mol. The van der Waals surface area contributed by atoms with Crippen LogP contribution in [0.1, 0.15) is 27.2 Å². The molecule has 0 aromatic heterocycles. The number of nitrogens with zero attached hydrogens (tertiary/aromatic N) is 2. The summed E-state index contributed by atoms with van der Waals surface area (Å²) in [6.07, 6.45) is 5.99. The molecule has 4 heteroatoms. The number of amidine groups is 1. The highest BCUT2D eigenvalue weighted by molar-refractivity contribution is 6.06. The van der Waals surface area contributed by atoms with Gasteiger partial charge in [-0.1, -0.05) is 26.7 Å². The summed E-state index contributed by atoms with van der Waals surface area (Å²) in [5, 5.41) is 0. The number of rotatable bonds is 3. The van der Waals surface area contributed by atoms with Crippen molar-refractivity contribution in [1.82, 2.24) is 4.90 Å². The molecule has 0 radical (unpaired) electrons. The number of aliphatic imine (C=N–C) groups is 1. The molecule has 0 aromatic rings. The molecule has 0 aromatic carbocycles. The summed E-state index contributed by atoms with van der Waals surface area (Å²) in [5.41, 5.74) is 5.36. The summed E-state index contributed by atoms with van der Waals surface area (Å²) in [6, 6.07) is -0.319. The zero-order valence-electron chi connectivity index (χ0n) is 9.45. The van der Waals surface area contributed by atoms with Crippen molar-refractivity contribution in [2.45, 2.75) is 32.7 Å². The molecule has 1 aliphatic rings. The Morgan fingerprint density at radius 3 is 2.67 bits per heavy atom. The summed E-state index contributed by atoms with van der Waals surface area (Å²) < 4.78 is 0. The summed E-state index contributed by atoms with van der Waals surface area (Å²) in [6.45, 7) is 6.29. The first-order chi connectivity index (χ1) is 7.00. The summed E-state index contributed by atoms with van der Waals surface area (Å²) in [7, 11) is 0. The van der Waals surface area contributed by atoms with E-state index in [2.05, 4.69) is 10.9 Å². The molecule has 0 spiro atoms. The van der Waals surface area contributed by atoms with E-state index in [0.717, 1.165) is 6.42 Å². The van der Waals surface area contributed by atoms with Crippen molar-refractivity contribution >= 4 is 11.9 Å². The standard InChI is InChI=1S/C11H17N3O/c1-5-7-14-10(15)13-9(12)11(14,6-2)8(3)4/h1,8H,6-7H2,2-4H3,(H2,12,13,15). The Labute approximate surface area is 90.5 Å². The van der Waals surface area contributed by atoms with Crippen LogP contribution in [0, 0.1) is 18.3 Å². The van der Waals surface area contributed by atoms with Gasteiger partial charge in [0.25, 0.3) is 0 Å². The van der Waals surface area contributed by atoms with Gasteiger partial charge in [0.1, 0.15) is 11.4 Å². The Bertz CT molecular complexity index is 340. The summed E-state index contributed by atoms with van der Waals surface area (Å²) in [4.78, 5) is 17.0. The highest BCUT2D eigenvalue weighted by Gasteiger charge is 2.48. The van der Waals surface area contributed by atoms with Crippen LogP contribution in [-0.2, 0) is 0 Å². The maximum absolute atomic E-state index is 11.6. The topological polar surface area (TPSA) is 58.7 Å². The van der Waals surface area contributed by atoms with Crippen LogP contribution in [-0.4, -0.2) is 28.9 Å². The van der Waals surface area contributed by atoms with Crippen molar-refractivity contribution in [3.63, 3.8) is 0 Å². The lowest BCUT2D eigenvalue weighted by Crippen LogP contribution is -2.57. The van der Waals surface area contributed by atoms with Gasteiger partial charge in [0.15, 0.2) is 0 Å².